The third-order valence-electron chi connectivity index (χ3n) is 2.11. The molecule has 0 aliphatic carbocycles. The average molecular weight is 182 g/mol. The molecule has 72 valence electrons. The molecule has 3 N–H and O–H groups in total. The minimum Gasteiger partial charge on any atom is -0.394 e. The van der Waals surface area contributed by atoms with E-state index in [-0.39, 0.29) is 11.3 Å². The van der Waals surface area contributed by atoms with Crippen molar-refractivity contribution in [2.45, 2.75) is 30.7 Å². The van der Waals surface area contributed by atoms with Crippen molar-refractivity contribution in [3.8, 4) is 0 Å². The first-order valence-corrected chi connectivity index (χ1v) is 3.52. The van der Waals surface area contributed by atoms with Gasteiger partial charge in [-0.05, 0) is 0 Å². The Morgan fingerprint density at radius 2 is 1.75 bits per heavy atom. The molecule has 2 aliphatic heterocycles. The number of ether oxygens (including phenoxy) is 2. The topological polar surface area (TPSA) is 79.2 Å². The molecule has 0 aromatic heterocycles. The summed E-state index contributed by atoms with van der Waals surface area (Å²) in [5.74, 6) is 0. The van der Waals surface area contributed by atoms with Crippen molar-refractivity contribution in [1.29, 1.82) is 0 Å². The van der Waals surface area contributed by atoms with Crippen molar-refractivity contribution >= 4 is 0 Å². The molecule has 2 fully saturated rings. The maximum atomic E-state index is 9.22. The third kappa shape index (κ3) is 1.12. The average Bonchev–Trinajstić information content (AvgIpc) is 2.53. The minimum absolute atomic E-state index is 0. The van der Waals surface area contributed by atoms with E-state index in [4.69, 9.17) is 19.7 Å². The zero-order chi connectivity index (χ0) is 8.01. The summed E-state index contributed by atoms with van der Waals surface area (Å²) in [6.45, 7) is -0.190. The SMILES string of the molecule is F.OC[C@H]1O[C@H]2O[C@H]1[C@@H](O)[C@H]2O. The Morgan fingerprint density at radius 3 is 2.17 bits per heavy atom. The zero-order valence-corrected chi connectivity index (χ0v) is 6.16. The van der Waals surface area contributed by atoms with Crippen molar-refractivity contribution in [2.75, 3.05) is 6.61 Å². The highest BCUT2D eigenvalue weighted by Gasteiger charge is 2.54. The molecule has 2 saturated heterocycles. The molecule has 6 heteroatoms. The van der Waals surface area contributed by atoms with E-state index >= 15 is 0 Å². The van der Waals surface area contributed by atoms with Crippen molar-refractivity contribution in [2.24, 2.45) is 0 Å². The van der Waals surface area contributed by atoms with E-state index < -0.39 is 30.7 Å². The Morgan fingerprint density at radius 1 is 1.08 bits per heavy atom. The first kappa shape index (κ1) is 9.82. The summed E-state index contributed by atoms with van der Waals surface area (Å²) in [5, 5.41) is 27.0. The van der Waals surface area contributed by atoms with Crippen molar-refractivity contribution in [3.05, 3.63) is 0 Å². The molecule has 0 saturated carbocycles. The lowest BCUT2D eigenvalue weighted by molar-refractivity contribution is -0.141. The van der Waals surface area contributed by atoms with Crippen LogP contribution in [0.1, 0.15) is 0 Å². The lowest BCUT2D eigenvalue weighted by Crippen LogP contribution is -2.46. The van der Waals surface area contributed by atoms with Gasteiger partial charge in [0.2, 0.25) is 0 Å². The molecule has 0 radical (unpaired) electrons. The van der Waals surface area contributed by atoms with Gasteiger partial charge in [0, 0.05) is 0 Å². The minimum atomic E-state index is -0.970. The number of rotatable bonds is 1. The van der Waals surface area contributed by atoms with Gasteiger partial charge in [-0.25, -0.2) is 0 Å². The van der Waals surface area contributed by atoms with E-state index in [1.165, 1.54) is 0 Å². The van der Waals surface area contributed by atoms with Gasteiger partial charge in [0.1, 0.15) is 24.4 Å². The largest absolute Gasteiger partial charge is 0.394 e. The van der Waals surface area contributed by atoms with E-state index in [2.05, 4.69) is 0 Å². The van der Waals surface area contributed by atoms with E-state index in [0.717, 1.165) is 0 Å². The summed E-state index contributed by atoms with van der Waals surface area (Å²) >= 11 is 0. The van der Waals surface area contributed by atoms with Gasteiger partial charge < -0.3 is 24.8 Å². The zero-order valence-electron chi connectivity index (χ0n) is 6.16. The number of aliphatic hydroxyl groups excluding tert-OH is 3. The number of hydrogen-bond acceptors (Lipinski definition) is 5. The van der Waals surface area contributed by atoms with Crippen LogP contribution in [0.5, 0.6) is 0 Å². The summed E-state index contributed by atoms with van der Waals surface area (Å²) in [6.07, 6.45) is -3.71. The lowest BCUT2D eigenvalue weighted by atomic mass is 10.0. The van der Waals surface area contributed by atoms with E-state index in [9.17, 15) is 5.11 Å². The Kier molecular flexibility index (Phi) is 2.64. The number of halogens is 1. The van der Waals surface area contributed by atoms with Gasteiger partial charge in [0.25, 0.3) is 0 Å². The summed E-state index contributed by atoms with van der Waals surface area (Å²) < 4.78 is 10.0. The molecule has 12 heavy (non-hydrogen) atoms. The molecule has 2 heterocycles. The van der Waals surface area contributed by atoms with Crippen LogP contribution in [0.3, 0.4) is 0 Å². The van der Waals surface area contributed by atoms with Gasteiger partial charge in [0.05, 0.1) is 6.61 Å². The first-order chi connectivity index (χ1) is 5.24. The second-order valence-corrected chi connectivity index (χ2v) is 2.81. The fourth-order valence-electron chi connectivity index (χ4n) is 1.49. The van der Waals surface area contributed by atoms with Crippen LogP contribution >= 0.6 is 0 Å². The van der Waals surface area contributed by atoms with Gasteiger partial charge in [-0.2, -0.15) is 0 Å². The third-order valence-corrected chi connectivity index (χ3v) is 2.11. The van der Waals surface area contributed by atoms with Crippen LogP contribution in [-0.2, 0) is 9.47 Å². The predicted octanol–water partition coefficient (Wildman–Crippen LogP) is -2.02. The lowest BCUT2D eigenvalue weighted by Gasteiger charge is -2.24. The quantitative estimate of drug-likeness (QED) is 0.436. The van der Waals surface area contributed by atoms with E-state index in [0.29, 0.717) is 0 Å². The van der Waals surface area contributed by atoms with Crippen LogP contribution in [0.4, 0.5) is 4.70 Å². The molecule has 5 nitrogen and oxygen atoms in total. The Balaban J connectivity index is 0.000000720. The molecule has 5 atom stereocenters. The fourth-order valence-corrected chi connectivity index (χ4v) is 1.49. The van der Waals surface area contributed by atoms with E-state index in [1.54, 1.807) is 0 Å². The number of hydrogen-bond donors (Lipinski definition) is 3. The van der Waals surface area contributed by atoms with Crippen LogP contribution in [0.2, 0.25) is 0 Å². The van der Waals surface area contributed by atoms with Crippen LogP contribution in [-0.4, -0.2) is 52.6 Å². The van der Waals surface area contributed by atoms with Gasteiger partial charge in [-0.1, -0.05) is 0 Å². The monoisotopic (exact) mass is 182 g/mol. The van der Waals surface area contributed by atoms with Crippen molar-refractivity contribution in [3.63, 3.8) is 0 Å². The van der Waals surface area contributed by atoms with Gasteiger partial charge in [-0.3, -0.25) is 4.70 Å². The second-order valence-electron chi connectivity index (χ2n) is 2.81. The van der Waals surface area contributed by atoms with Crippen molar-refractivity contribution < 1.29 is 29.5 Å². The molecular formula is C6H11FO5. The maximum absolute atomic E-state index is 9.22. The van der Waals surface area contributed by atoms with Gasteiger partial charge in [0.15, 0.2) is 6.29 Å². The molecule has 0 spiro atoms. The molecular weight excluding hydrogens is 171 g/mol. The van der Waals surface area contributed by atoms with Gasteiger partial charge in [-0.15, -0.1) is 0 Å². The summed E-state index contributed by atoms with van der Waals surface area (Å²) in [5.41, 5.74) is 0. The summed E-state index contributed by atoms with van der Waals surface area (Å²) in [7, 11) is 0. The normalized spacial score (nSPS) is 50.8. The predicted molar refractivity (Wildman–Crippen MR) is 35.1 cm³/mol. The van der Waals surface area contributed by atoms with Gasteiger partial charge >= 0.3 is 0 Å². The molecule has 2 bridgehead atoms. The highest BCUT2D eigenvalue weighted by atomic mass is 19.0. The number of fused-ring (bicyclic) bond motifs is 2. The highest BCUT2D eigenvalue weighted by Crippen LogP contribution is 2.33. The second kappa shape index (κ2) is 3.23. The van der Waals surface area contributed by atoms with Crippen LogP contribution in [0.15, 0.2) is 0 Å². The molecule has 2 rings (SSSR count). The van der Waals surface area contributed by atoms with Crippen molar-refractivity contribution in [1.82, 2.24) is 0 Å². The molecule has 0 aromatic rings. The summed E-state index contributed by atoms with van der Waals surface area (Å²) in [4.78, 5) is 0. The Hall–Kier alpha value is -0.270. The van der Waals surface area contributed by atoms with Crippen LogP contribution in [0.25, 0.3) is 0 Å². The fraction of sp³-hybridized carbons (Fsp3) is 1.00. The highest BCUT2D eigenvalue weighted by molar-refractivity contribution is 4.96. The Labute approximate surface area is 67.9 Å². The number of aliphatic hydroxyl groups is 3. The maximum Gasteiger partial charge on any atom is 0.187 e. The smallest absolute Gasteiger partial charge is 0.187 e. The molecule has 0 unspecified atom stereocenters. The first-order valence-electron chi connectivity index (χ1n) is 3.52. The molecule has 0 amide bonds. The van der Waals surface area contributed by atoms with E-state index in [1.807, 2.05) is 0 Å². The van der Waals surface area contributed by atoms with Crippen LogP contribution in [0, 0.1) is 0 Å². The van der Waals surface area contributed by atoms with Crippen LogP contribution < -0.4 is 0 Å². The standard InChI is InChI=1S/C6H10O5.FH/c7-1-2-5-3(8)4(9)6(10-2)11-5;/h2-9H,1H2;1H/t2-,3+,4-,5-,6+;/m1./s1. The Bertz CT molecular complexity index is 160. The molecule has 2 aliphatic rings. The summed E-state index contributed by atoms with van der Waals surface area (Å²) in [6, 6.07) is 0. The molecule has 0 aromatic carbocycles.